The van der Waals surface area contributed by atoms with Crippen LogP contribution in [0.5, 0.6) is 0 Å². The van der Waals surface area contributed by atoms with Gasteiger partial charge in [-0.1, -0.05) is 72.4 Å². The maximum Gasteiger partial charge on any atom is 0.262 e. The van der Waals surface area contributed by atoms with Crippen molar-refractivity contribution in [1.82, 2.24) is 9.55 Å². The summed E-state index contributed by atoms with van der Waals surface area (Å²) in [6.07, 6.45) is 0. The predicted octanol–water partition coefficient (Wildman–Crippen LogP) is 4.87. The van der Waals surface area contributed by atoms with Crippen LogP contribution in [-0.2, 0) is 11.3 Å². The number of thioether (sulfide) groups is 1. The minimum absolute atomic E-state index is 0.108. The van der Waals surface area contributed by atoms with Crippen LogP contribution in [0.4, 0.5) is 5.69 Å². The number of benzene rings is 3. The van der Waals surface area contributed by atoms with E-state index in [1.807, 2.05) is 86.6 Å². The van der Waals surface area contributed by atoms with Crippen LogP contribution in [-0.4, -0.2) is 20.7 Å². The van der Waals surface area contributed by atoms with Gasteiger partial charge in [0.25, 0.3) is 5.56 Å². The fourth-order valence-corrected chi connectivity index (χ4v) is 4.21. The quantitative estimate of drug-likeness (QED) is 0.351. The molecular weight excluding hydrogens is 406 g/mol. The van der Waals surface area contributed by atoms with Gasteiger partial charge >= 0.3 is 0 Å². The first kappa shape index (κ1) is 20.9. The molecule has 4 rings (SSSR count). The zero-order chi connectivity index (χ0) is 21.8. The summed E-state index contributed by atoms with van der Waals surface area (Å²) in [4.78, 5) is 30.8. The topological polar surface area (TPSA) is 64.0 Å². The smallest absolute Gasteiger partial charge is 0.262 e. The number of nitrogens with one attached hydrogen (secondary N) is 1. The molecule has 1 N–H and O–H groups in total. The molecule has 0 radical (unpaired) electrons. The van der Waals surface area contributed by atoms with E-state index in [2.05, 4.69) is 5.32 Å². The molecule has 156 valence electrons. The molecule has 0 fully saturated rings. The van der Waals surface area contributed by atoms with Gasteiger partial charge < -0.3 is 5.32 Å². The second-order valence-electron chi connectivity index (χ2n) is 7.35. The lowest BCUT2D eigenvalue weighted by Gasteiger charge is -2.17. The highest BCUT2D eigenvalue weighted by molar-refractivity contribution is 8.00. The first-order chi connectivity index (χ1) is 15.0. The van der Waals surface area contributed by atoms with Crippen LogP contribution >= 0.6 is 11.8 Å². The highest BCUT2D eigenvalue weighted by atomic mass is 32.2. The van der Waals surface area contributed by atoms with Crippen molar-refractivity contribution in [2.24, 2.45) is 0 Å². The van der Waals surface area contributed by atoms with Crippen LogP contribution < -0.4 is 10.9 Å². The molecule has 1 atom stereocenters. The van der Waals surface area contributed by atoms with E-state index < -0.39 is 5.25 Å². The first-order valence-corrected chi connectivity index (χ1v) is 11.0. The van der Waals surface area contributed by atoms with E-state index in [0.717, 1.165) is 16.8 Å². The molecule has 0 spiro atoms. The van der Waals surface area contributed by atoms with Gasteiger partial charge in [0.15, 0.2) is 5.16 Å². The Kier molecular flexibility index (Phi) is 6.18. The molecule has 0 aliphatic heterocycles. The van der Waals surface area contributed by atoms with E-state index in [9.17, 15) is 9.59 Å². The third kappa shape index (κ3) is 4.70. The first-order valence-electron chi connectivity index (χ1n) is 10.1. The number of hydrogen-bond acceptors (Lipinski definition) is 4. The van der Waals surface area contributed by atoms with Gasteiger partial charge in [0.1, 0.15) is 0 Å². The highest BCUT2D eigenvalue weighted by Crippen LogP contribution is 2.25. The summed E-state index contributed by atoms with van der Waals surface area (Å²) in [5, 5.41) is 3.64. The van der Waals surface area contributed by atoms with Crippen LogP contribution in [0.3, 0.4) is 0 Å². The predicted molar refractivity (Wildman–Crippen MR) is 127 cm³/mol. The number of amides is 1. The summed E-state index contributed by atoms with van der Waals surface area (Å²) in [7, 11) is 0. The molecule has 0 bridgehead atoms. The summed E-state index contributed by atoms with van der Waals surface area (Å²) in [6.45, 7) is 4.17. The van der Waals surface area contributed by atoms with Crippen molar-refractivity contribution < 1.29 is 4.79 Å². The second kappa shape index (κ2) is 9.18. The van der Waals surface area contributed by atoms with Crippen molar-refractivity contribution in [3.05, 3.63) is 100 Å². The van der Waals surface area contributed by atoms with E-state index in [4.69, 9.17) is 4.98 Å². The fraction of sp³-hybridized carbons (Fsp3) is 0.160. The Morgan fingerprint density at radius 1 is 1.00 bits per heavy atom. The number of carbonyl (C=O) groups is 1. The number of carbonyl (C=O) groups excluding carboxylic acids is 1. The lowest BCUT2D eigenvalue weighted by Crippen LogP contribution is -2.27. The number of aryl methyl sites for hydroxylation is 1. The van der Waals surface area contributed by atoms with Crippen LogP contribution in [0.2, 0.25) is 0 Å². The van der Waals surface area contributed by atoms with Crippen LogP contribution in [0.1, 0.15) is 18.1 Å². The Bertz CT molecular complexity index is 1280. The third-order valence-electron chi connectivity index (χ3n) is 5.06. The normalized spacial score (nSPS) is 11.9. The molecule has 31 heavy (non-hydrogen) atoms. The van der Waals surface area contributed by atoms with Gasteiger partial charge in [-0.2, -0.15) is 0 Å². The average molecular weight is 430 g/mol. The van der Waals surface area contributed by atoms with Gasteiger partial charge in [0, 0.05) is 5.69 Å². The van der Waals surface area contributed by atoms with Gasteiger partial charge in [0.2, 0.25) is 5.91 Å². The molecule has 0 saturated heterocycles. The fourth-order valence-electron chi connectivity index (χ4n) is 3.30. The van der Waals surface area contributed by atoms with Crippen LogP contribution in [0.25, 0.3) is 10.9 Å². The second-order valence-corrected chi connectivity index (χ2v) is 8.66. The molecule has 1 amide bonds. The molecular formula is C25H23N3O2S. The van der Waals surface area contributed by atoms with Crippen molar-refractivity contribution in [1.29, 1.82) is 0 Å². The SMILES string of the molecule is Cc1ccccc1NC(=O)C(C)Sc1nc2ccccc2c(=O)n1Cc1ccccc1. The van der Waals surface area contributed by atoms with E-state index in [1.54, 1.807) is 10.6 Å². The Labute approximate surface area is 185 Å². The van der Waals surface area contributed by atoms with Crippen molar-refractivity contribution >= 4 is 34.3 Å². The van der Waals surface area contributed by atoms with Crippen molar-refractivity contribution in [3.63, 3.8) is 0 Å². The Morgan fingerprint density at radius 2 is 1.68 bits per heavy atom. The minimum Gasteiger partial charge on any atom is -0.325 e. The number of para-hydroxylation sites is 2. The summed E-state index contributed by atoms with van der Waals surface area (Å²) >= 11 is 1.29. The monoisotopic (exact) mass is 429 g/mol. The van der Waals surface area contributed by atoms with Crippen molar-refractivity contribution in [2.45, 2.75) is 30.8 Å². The molecule has 1 heterocycles. The number of nitrogens with zero attached hydrogens (tertiary/aromatic N) is 2. The van der Waals surface area contributed by atoms with Gasteiger partial charge in [0.05, 0.1) is 22.7 Å². The molecule has 0 aliphatic carbocycles. The largest absolute Gasteiger partial charge is 0.325 e. The van der Waals surface area contributed by atoms with Crippen LogP contribution in [0.15, 0.2) is 88.8 Å². The van der Waals surface area contributed by atoms with Crippen molar-refractivity contribution in [3.8, 4) is 0 Å². The van der Waals surface area contributed by atoms with Gasteiger partial charge in [-0.3, -0.25) is 14.2 Å². The number of anilines is 1. The van der Waals surface area contributed by atoms with E-state index in [0.29, 0.717) is 22.6 Å². The summed E-state index contributed by atoms with van der Waals surface area (Å²) in [5.41, 5.74) is 3.31. The maximum atomic E-state index is 13.2. The van der Waals surface area contributed by atoms with E-state index >= 15 is 0 Å². The number of fused-ring (bicyclic) bond motifs is 1. The van der Waals surface area contributed by atoms with Gasteiger partial charge in [-0.15, -0.1) is 0 Å². The molecule has 5 nitrogen and oxygen atoms in total. The van der Waals surface area contributed by atoms with Crippen LogP contribution in [0, 0.1) is 6.92 Å². The summed E-state index contributed by atoms with van der Waals surface area (Å²) < 4.78 is 1.65. The summed E-state index contributed by atoms with van der Waals surface area (Å²) in [6, 6.07) is 24.8. The Balaban J connectivity index is 1.67. The van der Waals surface area contributed by atoms with Gasteiger partial charge in [-0.25, -0.2) is 4.98 Å². The van der Waals surface area contributed by atoms with E-state index in [1.165, 1.54) is 11.8 Å². The zero-order valence-electron chi connectivity index (χ0n) is 17.4. The zero-order valence-corrected chi connectivity index (χ0v) is 18.2. The van der Waals surface area contributed by atoms with E-state index in [-0.39, 0.29) is 11.5 Å². The number of rotatable bonds is 6. The Hall–Kier alpha value is -3.38. The molecule has 4 aromatic rings. The molecule has 1 unspecified atom stereocenters. The lowest BCUT2D eigenvalue weighted by atomic mass is 10.2. The molecule has 3 aromatic carbocycles. The number of aromatic nitrogens is 2. The number of hydrogen-bond donors (Lipinski definition) is 1. The highest BCUT2D eigenvalue weighted by Gasteiger charge is 2.20. The molecule has 0 saturated carbocycles. The van der Waals surface area contributed by atoms with Crippen molar-refractivity contribution in [2.75, 3.05) is 5.32 Å². The molecule has 6 heteroatoms. The maximum absolute atomic E-state index is 13.2. The summed E-state index contributed by atoms with van der Waals surface area (Å²) in [5.74, 6) is -0.132. The third-order valence-corrected chi connectivity index (χ3v) is 6.15. The standard InChI is InChI=1S/C25H23N3O2S/c1-17-10-6-8-14-21(17)26-23(29)18(2)31-25-27-22-15-9-7-13-20(22)24(30)28(25)16-19-11-4-3-5-12-19/h3-15,18H,16H2,1-2H3,(H,26,29). The lowest BCUT2D eigenvalue weighted by molar-refractivity contribution is -0.115. The average Bonchev–Trinajstić information content (AvgIpc) is 2.78. The Morgan fingerprint density at radius 3 is 2.45 bits per heavy atom. The molecule has 0 aliphatic rings. The molecule has 1 aromatic heterocycles. The van der Waals surface area contributed by atoms with Gasteiger partial charge in [-0.05, 0) is 43.2 Å². The minimum atomic E-state index is -0.435.